The highest BCUT2D eigenvalue weighted by molar-refractivity contribution is 6.30. The van der Waals surface area contributed by atoms with E-state index < -0.39 is 0 Å². The van der Waals surface area contributed by atoms with Gasteiger partial charge in [-0.15, -0.1) is 0 Å². The lowest BCUT2D eigenvalue weighted by Crippen LogP contribution is -2.06. The second-order valence-electron chi connectivity index (χ2n) is 5.61. The van der Waals surface area contributed by atoms with Gasteiger partial charge in [0.1, 0.15) is 5.75 Å². The lowest BCUT2D eigenvalue weighted by atomic mass is 10.1. The van der Waals surface area contributed by atoms with E-state index in [-0.39, 0.29) is 5.95 Å². The second-order valence-corrected chi connectivity index (χ2v) is 6.04. The van der Waals surface area contributed by atoms with Crippen molar-refractivity contribution in [3.8, 4) is 17.1 Å². The normalized spacial score (nSPS) is 10.6. The highest BCUT2D eigenvalue weighted by Gasteiger charge is 2.11. The predicted molar refractivity (Wildman–Crippen MR) is 100 cm³/mol. The summed E-state index contributed by atoms with van der Waals surface area (Å²) in [6, 6.07) is 11.2. The summed E-state index contributed by atoms with van der Waals surface area (Å²) in [5.41, 5.74) is 9.54. The number of anilines is 3. The molecule has 0 aliphatic carbocycles. The maximum Gasteiger partial charge on any atom is 0.232 e. The summed E-state index contributed by atoms with van der Waals surface area (Å²) in [5, 5.41) is 3.79. The van der Waals surface area contributed by atoms with Gasteiger partial charge in [-0.1, -0.05) is 17.7 Å². The molecule has 1 aromatic heterocycles. The number of nitrogens with zero attached hydrogens (tertiary/aromatic N) is 3. The van der Waals surface area contributed by atoms with Crippen LogP contribution in [-0.2, 0) is 0 Å². The molecule has 0 saturated heterocycles. The number of hydrogen-bond acceptors (Lipinski definition) is 6. The number of benzene rings is 2. The number of aryl methyl sites for hydroxylation is 2. The van der Waals surface area contributed by atoms with Crippen LogP contribution in [0.3, 0.4) is 0 Å². The minimum absolute atomic E-state index is 0.137. The molecule has 1 heterocycles. The maximum absolute atomic E-state index is 6.10. The number of aromatic nitrogens is 3. The van der Waals surface area contributed by atoms with E-state index in [0.29, 0.717) is 16.8 Å². The fourth-order valence-corrected chi connectivity index (χ4v) is 2.60. The molecule has 25 heavy (non-hydrogen) atoms. The van der Waals surface area contributed by atoms with Crippen LogP contribution >= 0.6 is 11.6 Å². The monoisotopic (exact) mass is 355 g/mol. The Kier molecular flexibility index (Phi) is 4.72. The molecule has 0 fully saturated rings. The molecular formula is C18H18ClN5O. The Morgan fingerprint density at radius 1 is 1.00 bits per heavy atom. The van der Waals surface area contributed by atoms with Gasteiger partial charge in [-0.05, 0) is 55.3 Å². The van der Waals surface area contributed by atoms with E-state index in [9.17, 15) is 0 Å². The van der Waals surface area contributed by atoms with E-state index in [2.05, 4.69) is 20.3 Å². The fraction of sp³-hybridized carbons (Fsp3) is 0.167. The molecule has 3 aromatic rings. The van der Waals surface area contributed by atoms with E-state index in [1.807, 2.05) is 50.2 Å². The third kappa shape index (κ3) is 3.80. The smallest absolute Gasteiger partial charge is 0.232 e. The lowest BCUT2D eigenvalue weighted by Gasteiger charge is -2.11. The van der Waals surface area contributed by atoms with Gasteiger partial charge < -0.3 is 15.8 Å². The Morgan fingerprint density at radius 2 is 1.80 bits per heavy atom. The van der Waals surface area contributed by atoms with Crippen LogP contribution in [0.2, 0.25) is 5.02 Å². The van der Waals surface area contributed by atoms with Gasteiger partial charge in [0.15, 0.2) is 5.82 Å². The van der Waals surface area contributed by atoms with E-state index in [1.165, 1.54) is 0 Å². The summed E-state index contributed by atoms with van der Waals surface area (Å²) in [7, 11) is 1.63. The summed E-state index contributed by atoms with van der Waals surface area (Å²) in [5.74, 6) is 1.77. The largest absolute Gasteiger partial charge is 0.497 e. The Morgan fingerprint density at radius 3 is 2.52 bits per heavy atom. The molecule has 2 aromatic carbocycles. The Hall–Kier alpha value is -2.86. The summed E-state index contributed by atoms with van der Waals surface area (Å²) < 4.78 is 5.22. The first-order valence-corrected chi connectivity index (χ1v) is 8.04. The van der Waals surface area contributed by atoms with Crippen LogP contribution in [0.4, 0.5) is 17.6 Å². The van der Waals surface area contributed by atoms with Crippen molar-refractivity contribution < 1.29 is 4.74 Å². The van der Waals surface area contributed by atoms with Gasteiger partial charge in [0.2, 0.25) is 11.9 Å². The third-order valence-electron chi connectivity index (χ3n) is 3.77. The standard InChI is InChI=1S/C18H18ClN5O/c1-10-4-5-12(19)9-14(10)16-22-17(20)24-18(23-16)21-15-7-6-13(25-3)8-11(15)2/h4-9H,1-3H3,(H3,20,21,22,23,24). The average molecular weight is 356 g/mol. The van der Waals surface area contributed by atoms with Crippen LogP contribution in [0.5, 0.6) is 5.75 Å². The Balaban J connectivity index is 1.98. The molecule has 0 bridgehead atoms. The number of halogens is 1. The maximum atomic E-state index is 6.10. The number of nitrogen functional groups attached to an aromatic ring is 1. The fourth-order valence-electron chi connectivity index (χ4n) is 2.43. The molecule has 0 unspecified atom stereocenters. The highest BCUT2D eigenvalue weighted by atomic mass is 35.5. The van der Waals surface area contributed by atoms with E-state index in [0.717, 1.165) is 28.1 Å². The van der Waals surface area contributed by atoms with E-state index >= 15 is 0 Å². The topological polar surface area (TPSA) is 86.0 Å². The van der Waals surface area contributed by atoms with Crippen molar-refractivity contribution >= 4 is 29.2 Å². The van der Waals surface area contributed by atoms with Crippen LogP contribution in [0.15, 0.2) is 36.4 Å². The van der Waals surface area contributed by atoms with Crippen LogP contribution in [0.1, 0.15) is 11.1 Å². The molecule has 0 radical (unpaired) electrons. The van der Waals surface area contributed by atoms with Gasteiger partial charge in [0.25, 0.3) is 0 Å². The van der Waals surface area contributed by atoms with Gasteiger partial charge in [0.05, 0.1) is 7.11 Å². The first kappa shape index (κ1) is 17.0. The number of nitrogens with one attached hydrogen (secondary N) is 1. The van der Waals surface area contributed by atoms with E-state index in [1.54, 1.807) is 7.11 Å². The summed E-state index contributed by atoms with van der Waals surface area (Å²) in [4.78, 5) is 12.9. The molecule has 128 valence electrons. The first-order valence-electron chi connectivity index (χ1n) is 7.66. The van der Waals surface area contributed by atoms with Crippen molar-refractivity contribution in [2.75, 3.05) is 18.2 Å². The van der Waals surface area contributed by atoms with Crippen molar-refractivity contribution in [1.29, 1.82) is 0 Å². The number of ether oxygens (including phenoxy) is 1. The molecule has 0 spiro atoms. The number of hydrogen-bond donors (Lipinski definition) is 2. The van der Waals surface area contributed by atoms with Crippen LogP contribution < -0.4 is 15.8 Å². The van der Waals surface area contributed by atoms with Crippen molar-refractivity contribution in [2.45, 2.75) is 13.8 Å². The van der Waals surface area contributed by atoms with Crippen molar-refractivity contribution in [3.05, 3.63) is 52.5 Å². The van der Waals surface area contributed by atoms with Gasteiger partial charge in [-0.2, -0.15) is 15.0 Å². The molecule has 0 aliphatic rings. The van der Waals surface area contributed by atoms with E-state index in [4.69, 9.17) is 22.1 Å². The zero-order valence-electron chi connectivity index (χ0n) is 14.2. The summed E-state index contributed by atoms with van der Waals surface area (Å²) in [6.07, 6.45) is 0. The zero-order chi connectivity index (χ0) is 18.0. The average Bonchev–Trinajstić information content (AvgIpc) is 2.58. The molecule has 0 aliphatic heterocycles. The molecule has 0 atom stereocenters. The van der Waals surface area contributed by atoms with Gasteiger partial charge in [0, 0.05) is 16.3 Å². The summed E-state index contributed by atoms with van der Waals surface area (Å²) >= 11 is 6.10. The van der Waals surface area contributed by atoms with Gasteiger partial charge in [-0.3, -0.25) is 0 Å². The molecule has 3 N–H and O–H groups in total. The molecule has 7 heteroatoms. The number of rotatable bonds is 4. The lowest BCUT2D eigenvalue weighted by molar-refractivity contribution is 0.414. The van der Waals surface area contributed by atoms with Crippen LogP contribution in [0, 0.1) is 13.8 Å². The molecule has 6 nitrogen and oxygen atoms in total. The minimum atomic E-state index is 0.137. The second kappa shape index (κ2) is 6.94. The first-order chi connectivity index (χ1) is 12.0. The Bertz CT molecular complexity index is 929. The van der Waals surface area contributed by atoms with Crippen molar-refractivity contribution in [2.24, 2.45) is 0 Å². The molecular weight excluding hydrogens is 338 g/mol. The van der Waals surface area contributed by atoms with Crippen molar-refractivity contribution in [1.82, 2.24) is 15.0 Å². The number of methoxy groups -OCH3 is 1. The third-order valence-corrected chi connectivity index (χ3v) is 4.01. The zero-order valence-corrected chi connectivity index (χ0v) is 14.9. The minimum Gasteiger partial charge on any atom is -0.497 e. The number of nitrogens with two attached hydrogens (primary N) is 1. The van der Waals surface area contributed by atoms with Gasteiger partial charge >= 0.3 is 0 Å². The van der Waals surface area contributed by atoms with Crippen LogP contribution in [0.25, 0.3) is 11.4 Å². The molecule has 3 rings (SSSR count). The highest BCUT2D eigenvalue weighted by Crippen LogP contribution is 2.27. The Labute approximate surface area is 151 Å². The molecule has 0 saturated carbocycles. The SMILES string of the molecule is COc1ccc(Nc2nc(N)nc(-c3cc(Cl)ccc3C)n2)c(C)c1. The van der Waals surface area contributed by atoms with Crippen molar-refractivity contribution in [3.63, 3.8) is 0 Å². The molecule has 0 amide bonds. The van der Waals surface area contributed by atoms with Crippen LogP contribution in [-0.4, -0.2) is 22.1 Å². The van der Waals surface area contributed by atoms with Gasteiger partial charge in [-0.25, -0.2) is 0 Å². The summed E-state index contributed by atoms with van der Waals surface area (Å²) in [6.45, 7) is 3.93. The quantitative estimate of drug-likeness (QED) is 0.731. The predicted octanol–water partition coefficient (Wildman–Crippen LogP) is 4.14.